The van der Waals surface area contributed by atoms with Gasteiger partial charge in [0.1, 0.15) is 4.60 Å². The topological polar surface area (TPSA) is 34.2 Å². The number of anilines is 1. The first kappa shape index (κ1) is 9.93. The number of nitrogens with zero attached hydrogens (tertiary/aromatic N) is 1. The largest absolute Gasteiger partial charge is 0.382 e. The molecule has 0 aliphatic carbocycles. The summed E-state index contributed by atoms with van der Waals surface area (Å²) in [5, 5.41) is 3.37. The molecule has 0 saturated carbocycles. The van der Waals surface area contributed by atoms with E-state index in [9.17, 15) is 0 Å². The third-order valence-electron chi connectivity index (χ3n) is 2.37. The zero-order valence-corrected chi connectivity index (χ0v) is 9.67. The zero-order chi connectivity index (χ0) is 10.0. The van der Waals surface area contributed by atoms with E-state index in [4.69, 9.17) is 4.74 Å². The van der Waals surface area contributed by atoms with Crippen LogP contribution in [0.3, 0.4) is 0 Å². The standard InChI is InChI=1S/C10H13BrN2O/c1-10(6-14-7-10)5-13-8-3-2-4-12-9(8)11/h2-4,13H,5-7H2,1H3. The molecule has 0 spiro atoms. The van der Waals surface area contributed by atoms with Crippen molar-refractivity contribution in [2.24, 2.45) is 5.41 Å². The molecule has 0 radical (unpaired) electrons. The van der Waals surface area contributed by atoms with Gasteiger partial charge in [0.2, 0.25) is 0 Å². The average Bonchev–Trinajstić information content (AvgIpc) is 2.14. The first-order valence-corrected chi connectivity index (χ1v) is 5.41. The second kappa shape index (κ2) is 3.87. The highest BCUT2D eigenvalue weighted by Crippen LogP contribution is 2.28. The van der Waals surface area contributed by atoms with Gasteiger partial charge in [0.15, 0.2) is 0 Å². The zero-order valence-electron chi connectivity index (χ0n) is 8.09. The van der Waals surface area contributed by atoms with Crippen LogP contribution in [0.25, 0.3) is 0 Å². The highest BCUT2D eigenvalue weighted by atomic mass is 79.9. The Morgan fingerprint density at radius 2 is 2.43 bits per heavy atom. The number of hydrogen-bond donors (Lipinski definition) is 1. The molecular weight excluding hydrogens is 244 g/mol. The first-order chi connectivity index (χ1) is 6.70. The van der Waals surface area contributed by atoms with Gasteiger partial charge >= 0.3 is 0 Å². The van der Waals surface area contributed by atoms with Crippen LogP contribution in [-0.4, -0.2) is 24.7 Å². The molecule has 1 N–H and O–H groups in total. The van der Waals surface area contributed by atoms with Crippen molar-refractivity contribution >= 4 is 21.6 Å². The van der Waals surface area contributed by atoms with E-state index in [2.05, 4.69) is 33.2 Å². The van der Waals surface area contributed by atoms with Crippen molar-refractivity contribution < 1.29 is 4.74 Å². The lowest BCUT2D eigenvalue weighted by atomic mass is 9.89. The summed E-state index contributed by atoms with van der Waals surface area (Å²) >= 11 is 3.40. The molecule has 0 aromatic carbocycles. The van der Waals surface area contributed by atoms with Gasteiger partial charge in [-0.15, -0.1) is 0 Å². The van der Waals surface area contributed by atoms with Crippen molar-refractivity contribution in [3.05, 3.63) is 22.9 Å². The molecule has 4 heteroatoms. The molecule has 1 aliphatic rings. The van der Waals surface area contributed by atoms with Crippen molar-refractivity contribution in [2.45, 2.75) is 6.92 Å². The fourth-order valence-electron chi connectivity index (χ4n) is 1.38. The Balaban J connectivity index is 1.95. The van der Waals surface area contributed by atoms with Gasteiger partial charge in [-0.3, -0.25) is 0 Å². The smallest absolute Gasteiger partial charge is 0.129 e. The van der Waals surface area contributed by atoms with Gasteiger partial charge in [-0.2, -0.15) is 0 Å². The van der Waals surface area contributed by atoms with E-state index in [0.29, 0.717) is 0 Å². The summed E-state index contributed by atoms with van der Waals surface area (Å²) in [5.41, 5.74) is 1.33. The fraction of sp³-hybridized carbons (Fsp3) is 0.500. The molecule has 1 aromatic heterocycles. The van der Waals surface area contributed by atoms with Crippen molar-refractivity contribution in [1.29, 1.82) is 0 Å². The van der Waals surface area contributed by atoms with Gasteiger partial charge in [-0.05, 0) is 28.1 Å². The molecule has 2 heterocycles. The Morgan fingerprint density at radius 1 is 1.64 bits per heavy atom. The lowest BCUT2D eigenvalue weighted by Crippen LogP contribution is -2.45. The van der Waals surface area contributed by atoms with E-state index < -0.39 is 0 Å². The van der Waals surface area contributed by atoms with Gasteiger partial charge in [0.25, 0.3) is 0 Å². The van der Waals surface area contributed by atoms with Crippen molar-refractivity contribution in [3.63, 3.8) is 0 Å². The average molecular weight is 257 g/mol. The Hall–Kier alpha value is -0.610. The monoisotopic (exact) mass is 256 g/mol. The number of ether oxygens (including phenoxy) is 1. The van der Waals surface area contributed by atoms with Crippen molar-refractivity contribution in [3.8, 4) is 0 Å². The molecule has 0 unspecified atom stereocenters. The molecular formula is C10H13BrN2O. The molecule has 0 amide bonds. The predicted molar refractivity (Wildman–Crippen MR) is 59.4 cm³/mol. The van der Waals surface area contributed by atoms with Crippen LogP contribution in [-0.2, 0) is 4.74 Å². The van der Waals surface area contributed by atoms with E-state index in [1.807, 2.05) is 12.1 Å². The Morgan fingerprint density at radius 3 is 3.00 bits per heavy atom. The number of rotatable bonds is 3. The van der Waals surface area contributed by atoms with Gasteiger partial charge in [0.05, 0.1) is 18.9 Å². The van der Waals surface area contributed by atoms with Crippen LogP contribution in [0.15, 0.2) is 22.9 Å². The van der Waals surface area contributed by atoms with Crippen LogP contribution >= 0.6 is 15.9 Å². The summed E-state index contributed by atoms with van der Waals surface area (Å²) in [7, 11) is 0. The Kier molecular flexibility index (Phi) is 2.74. The lowest BCUT2D eigenvalue weighted by Gasteiger charge is -2.38. The molecule has 2 rings (SSSR count). The fourth-order valence-corrected chi connectivity index (χ4v) is 1.77. The van der Waals surface area contributed by atoms with Gasteiger partial charge < -0.3 is 10.1 Å². The molecule has 1 aromatic rings. The maximum atomic E-state index is 5.19. The third-order valence-corrected chi connectivity index (χ3v) is 3.00. The van der Waals surface area contributed by atoms with Crippen LogP contribution < -0.4 is 5.32 Å². The van der Waals surface area contributed by atoms with Gasteiger partial charge in [-0.1, -0.05) is 6.92 Å². The summed E-state index contributed by atoms with van der Waals surface area (Å²) in [6.07, 6.45) is 1.77. The Labute approximate surface area is 92.0 Å². The minimum absolute atomic E-state index is 0.287. The van der Waals surface area contributed by atoms with E-state index >= 15 is 0 Å². The summed E-state index contributed by atoms with van der Waals surface area (Å²) in [5.74, 6) is 0. The highest BCUT2D eigenvalue weighted by molar-refractivity contribution is 9.10. The molecule has 0 atom stereocenters. The summed E-state index contributed by atoms with van der Waals surface area (Å²) < 4.78 is 6.05. The maximum Gasteiger partial charge on any atom is 0.129 e. The summed E-state index contributed by atoms with van der Waals surface area (Å²) in [6, 6.07) is 3.94. The van der Waals surface area contributed by atoms with E-state index in [1.165, 1.54) is 0 Å². The summed E-state index contributed by atoms with van der Waals surface area (Å²) in [4.78, 5) is 4.15. The predicted octanol–water partition coefficient (Wildman–Crippen LogP) is 2.29. The SMILES string of the molecule is CC1(CNc2cccnc2Br)COC1. The van der Waals surface area contributed by atoms with Gasteiger partial charge in [-0.25, -0.2) is 4.98 Å². The highest BCUT2D eigenvalue weighted by Gasteiger charge is 2.33. The summed E-state index contributed by atoms with van der Waals surface area (Å²) in [6.45, 7) is 4.83. The van der Waals surface area contributed by atoms with Gasteiger partial charge in [0, 0.05) is 18.2 Å². The molecule has 1 saturated heterocycles. The van der Waals surface area contributed by atoms with Crippen LogP contribution in [0, 0.1) is 5.41 Å². The second-order valence-corrected chi connectivity index (χ2v) is 4.75. The van der Waals surface area contributed by atoms with Crippen LogP contribution in [0.5, 0.6) is 0 Å². The minimum atomic E-state index is 0.287. The molecule has 3 nitrogen and oxygen atoms in total. The third kappa shape index (κ3) is 2.07. The van der Waals surface area contributed by atoms with E-state index in [0.717, 1.165) is 30.0 Å². The molecule has 1 fully saturated rings. The van der Waals surface area contributed by atoms with Crippen LogP contribution in [0.1, 0.15) is 6.92 Å². The Bertz CT molecular complexity index is 326. The number of pyridine rings is 1. The van der Waals surface area contributed by atoms with E-state index in [-0.39, 0.29) is 5.41 Å². The van der Waals surface area contributed by atoms with Crippen molar-refractivity contribution in [1.82, 2.24) is 4.98 Å². The number of aromatic nitrogens is 1. The second-order valence-electron chi connectivity index (χ2n) is 4.00. The van der Waals surface area contributed by atoms with E-state index in [1.54, 1.807) is 6.20 Å². The van der Waals surface area contributed by atoms with Crippen LogP contribution in [0.2, 0.25) is 0 Å². The lowest BCUT2D eigenvalue weighted by molar-refractivity contribution is -0.0924. The quantitative estimate of drug-likeness (QED) is 0.843. The first-order valence-electron chi connectivity index (χ1n) is 4.62. The minimum Gasteiger partial charge on any atom is -0.382 e. The maximum absolute atomic E-state index is 5.19. The molecule has 0 bridgehead atoms. The van der Waals surface area contributed by atoms with Crippen LogP contribution in [0.4, 0.5) is 5.69 Å². The number of nitrogens with one attached hydrogen (secondary N) is 1. The number of halogens is 1. The molecule has 14 heavy (non-hydrogen) atoms. The number of hydrogen-bond acceptors (Lipinski definition) is 3. The normalized spacial score (nSPS) is 18.7. The molecule has 76 valence electrons. The van der Waals surface area contributed by atoms with Crippen molar-refractivity contribution in [2.75, 3.05) is 25.1 Å². The molecule has 1 aliphatic heterocycles.